The molecule has 2 aromatic rings. The molecule has 0 saturated heterocycles. The molecule has 0 unspecified atom stereocenters. The second-order valence-electron chi connectivity index (χ2n) is 6.60. The summed E-state index contributed by atoms with van der Waals surface area (Å²) in [7, 11) is 0. The monoisotopic (exact) mass is 423 g/mol. The number of benzene rings is 1. The lowest BCUT2D eigenvalue weighted by Crippen LogP contribution is -2.46. The van der Waals surface area contributed by atoms with Gasteiger partial charge in [0.05, 0.1) is 6.54 Å². The highest BCUT2D eigenvalue weighted by Crippen LogP contribution is 2.29. The minimum atomic E-state index is -4.81. The molecule has 2 N–H and O–H groups in total. The van der Waals surface area contributed by atoms with Crippen LogP contribution in [0.1, 0.15) is 23.6 Å². The Bertz CT molecular complexity index is 945. The Kier molecular flexibility index (Phi) is 5.43. The molecule has 1 aromatic heterocycles. The lowest BCUT2D eigenvalue weighted by Gasteiger charge is -2.26. The number of hydrogen-bond donors (Lipinski definition) is 1. The summed E-state index contributed by atoms with van der Waals surface area (Å²) in [6.07, 6.45) is -5.41. The molecule has 1 atom stereocenters. The number of nitrogens with two attached hydrogens (primary N) is 1. The molecule has 29 heavy (non-hydrogen) atoms. The van der Waals surface area contributed by atoms with Gasteiger partial charge in [0.15, 0.2) is 11.6 Å². The molecule has 0 spiro atoms. The highest BCUT2D eigenvalue weighted by Gasteiger charge is 2.46. The van der Waals surface area contributed by atoms with Crippen LogP contribution in [0.3, 0.4) is 0 Å². The Hall–Kier alpha value is -2.83. The van der Waals surface area contributed by atoms with Gasteiger partial charge >= 0.3 is 17.8 Å². The number of hydrogen-bond acceptors (Lipinski definition) is 4. The van der Waals surface area contributed by atoms with Crippen molar-refractivity contribution in [3.8, 4) is 0 Å². The molecule has 158 valence electrons. The third-order valence-electron chi connectivity index (χ3n) is 4.51. The molecule has 1 aromatic carbocycles. The van der Waals surface area contributed by atoms with Crippen molar-refractivity contribution in [2.45, 2.75) is 38.1 Å². The number of aromatic nitrogens is 3. The molecule has 0 radical (unpaired) electrons. The predicted molar refractivity (Wildman–Crippen MR) is 84.2 cm³/mol. The number of alkyl halides is 3. The fraction of sp³-hybridized carbons (Fsp3) is 0.438. The minimum absolute atomic E-state index is 0.114. The van der Waals surface area contributed by atoms with Gasteiger partial charge in [-0.1, -0.05) is 0 Å². The molecular formula is C16H15F6N5O2. The topological polar surface area (TPSA) is 91.1 Å². The van der Waals surface area contributed by atoms with E-state index in [1.807, 2.05) is 0 Å². The molecule has 13 heteroatoms. The molecule has 0 bridgehead atoms. The standard InChI is InChI=1S/C16H15F6N5O2/c17-10-6-12(19)11(18)4-8(10)3-9(23)5-14(28)25-1-2-26-13(7-25)27(29)24-15(26)16(20,21)22/h4,6,9H,1-3,5,7,23H2/t9-/m1/s1. The molecule has 3 rings (SSSR count). The molecule has 1 aliphatic rings. The van der Waals surface area contributed by atoms with Crippen LogP contribution >= 0.6 is 0 Å². The average Bonchev–Trinajstić information content (AvgIpc) is 2.96. The van der Waals surface area contributed by atoms with Crippen molar-refractivity contribution in [1.29, 1.82) is 0 Å². The molecule has 0 aliphatic carbocycles. The van der Waals surface area contributed by atoms with Gasteiger partial charge in [-0.05, 0) is 23.1 Å². The molecule has 0 fully saturated rings. The number of fused-ring (bicyclic) bond motifs is 1. The summed E-state index contributed by atoms with van der Waals surface area (Å²) in [5, 5.41) is 14.6. The van der Waals surface area contributed by atoms with Crippen molar-refractivity contribution in [3.05, 3.63) is 52.0 Å². The lowest BCUT2D eigenvalue weighted by molar-refractivity contribution is -0.676. The molecular weight excluding hydrogens is 408 g/mol. The SMILES string of the molecule is N[C@@H](CC(=O)N1CCn2c(C(F)(F)F)n[n+]([O-])c2C1)Cc1cc(F)c(F)cc1F. The largest absolute Gasteiger partial charge is 0.691 e. The fourth-order valence-electron chi connectivity index (χ4n) is 3.13. The zero-order chi connectivity index (χ0) is 21.5. The van der Waals surface area contributed by atoms with Crippen LogP contribution in [0.5, 0.6) is 0 Å². The van der Waals surface area contributed by atoms with Crippen LogP contribution in [-0.2, 0) is 30.5 Å². The molecule has 1 amide bonds. The Balaban J connectivity index is 1.67. The summed E-state index contributed by atoms with van der Waals surface area (Å²) in [6.45, 7) is -0.805. The van der Waals surface area contributed by atoms with Gasteiger partial charge in [0.1, 0.15) is 18.9 Å². The van der Waals surface area contributed by atoms with Gasteiger partial charge in [-0.2, -0.15) is 13.2 Å². The molecule has 0 saturated carbocycles. The van der Waals surface area contributed by atoms with E-state index >= 15 is 0 Å². The zero-order valence-corrected chi connectivity index (χ0v) is 14.7. The maximum atomic E-state index is 13.7. The summed E-state index contributed by atoms with van der Waals surface area (Å²) in [4.78, 5) is 13.3. The number of carbonyl (C=O) groups is 1. The summed E-state index contributed by atoms with van der Waals surface area (Å²) in [5.41, 5.74) is 5.58. The number of halogens is 6. The lowest BCUT2D eigenvalue weighted by atomic mass is 10.0. The number of nitrogens with zero attached hydrogens (tertiary/aromatic N) is 4. The number of amides is 1. The van der Waals surface area contributed by atoms with Crippen LogP contribution in [0, 0.1) is 22.7 Å². The first-order chi connectivity index (χ1) is 13.5. The number of rotatable bonds is 4. The molecule has 7 nitrogen and oxygen atoms in total. The first-order valence-corrected chi connectivity index (χ1v) is 8.40. The van der Waals surface area contributed by atoms with Crippen LogP contribution in [-0.4, -0.2) is 33.1 Å². The van der Waals surface area contributed by atoms with Crippen LogP contribution in [0.2, 0.25) is 0 Å². The van der Waals surface area contributed by atoms with E-state index in [1.54, 1.807) is 0 Å². The average molecular weight is 423 g/mol. The first-order valence-electron chi connectivity index (χ1n) is 8.40. The van der Waals surface area contributed by atoms with Crippen molar-refractivity contribution in [3.63, 3.8) is 0 Å². The van der Waals surface area contributed by atoms with E-state index in [9.17, 15) is 36.3 Å². The maximum absolute atomic E-state index is 13.7. The van der Waals surface area contributed by atoms with Gasteiger partial charge in [0.25, 0.3) is 0 Å². The van der Waals surface area contributed by atoms with Crippen molar-refractivity contribution in [2.75, 3.05) is 6.54 Å². The van der Waals surface area contributed by atoms with Crippen molar-refractivity contribution < 1.29 is 36.0 Å². The van der Waals surface area contributed by atoms with E-state index in [0.717, 1.165) is 4.90 Å². The van der Waals surface area contributed by atoms with Crippen molar-refractivity contribution >= 4 is 5.91 Å². The van der Waals surface area contributed by atoms with Crippen LogP contribution in [0.15, 0.2) is 12.1 Å². The highest BCUT2D eigenvalue weighted by atomic mass is 19.4. The second kappa shape index (κ2) is 7.54. The highest BCUT2D eigenvalue weighted by molar-refractivity contribution is 5.76. The second-order valence-corrected chi connectivity index (χ2v) is 6.60. The van der Waals surface area contributed by atoms with E-state index in [-0.39, 0.29) is 42.2 Å². The van der Waals surface area contributed by atoms with Gasteiger partial charge in [-0.25, -0.2) is 17.7 Å². The van der Waals surface area contributed by atoms with Crippen molar-refractivity contribution in [1.82, 2.24) is 14.6 Å². The van der Waals surface area contributed by atoms with Gasteiger partial charge < -0.3 is 15.8 Å². The van der Waals surface area contributed by atoms with E-state index < -0.39 is 47.9 Å². The third-order valence-corrected chi connectivity index (χ3v) is 4.51. The van der Waals surface area contributed by atoms with Gasteiger partial charge in [-0.15, -0.1) is 4.85 Å². The fourth-order valence-corrected chi connectivity index (χ4v) is 3.13. The smallest absolute Gasteiger partial charge is 0.476 e. The van der Waals surface area contributed by atoms with Gasteiger partial charge in [-0.3, -0.25) is 4.79 Å². The quantitative estimate of drug-likeness (QED) is 0.347. The number of carbonyl (C=O) groups excluding carboxylic acids is 1. The molecule has 1 aliphatic heterocycles. The summed E-state index contributed by atoms with van der Waals surface area (Å²) >= 11 is 0. The van der Waals surface area contributed by atoms with E-state index in [1.165, 1.54) is 0 Å². The Morgan fingerprint density at radius 1 is 1.21 bits per heavy atom. The van der Waals surface area contributed by atoms with E-state index in [0.29, 0.717) is 16.7 Å². The predicted octanol–water partition coefficient (Wildman–Crippen LogP) is 1.25. The Morgan fingerprint density at radius 3 is 2.52 bits per heavy atom. The Labute approximate surface area is 159 Å². The third kappa shape index (κ3) is 4.28. The normalized spacial score (nSPS) is 15.3. The summed E-state index contributed by atoms with van der Waals surface area (Å²) in [6, 6.07) is 0.0581. The van der Waals surface area contributed by atoms with E-state index in [2.05, 4.69) is 5.10 Å². The van der Waals surface area contributed by atoms with Crippen LogP contribution in [0.25, 0.3) is 0 Å². The molecule has 2 heterocycles. The van der Waals surface area contributed by atoms with Crippen LogP contribution < -0.4 is 10.6 Å². The van der Waals surface area contributed by atoms with Crippen LogP contribution in [0.4, 0.5) is 26.3 Å². The maximum Gasteiger partial charge on any atom is 0.476 e. The van der Waals surface area contributed by atoms with Gasteiger partial charge in [0.2, 0.25) is 5.91 Å². The minimum Gasteiger partial charge on any atom is -0.691 e. The Morgan fingerprint density at radius 2 is 1.86 bits per heavy atom. The van der Waals surface area contributed by atoms with Gasteiger partial charge in [0, 0.05) is 18.5 Å². The zero-order valence-electron chi connectivity index (χ0n) is 14.7. The van der Waals surface area contributed by atoms with Crippen molar-refractivity contribution in [2.24, 2.45) is 5.73 Å². The summed E-state index contributed by atoms with van der Waals surface area (Å²) < 4.78 is 79.3. The first kappa shape index (κ1) is 20.9. The van der Waals surface area contributed by atoms with E-state index in [4.69, 9.17) is 5.73 Å². The summed E-state index contributed by atoms with van der Waals surface area (Å²) in [5.74, 6) is -5.91.